The van der Waals surface area contributed by atoms with Crippen LogP contribution in [0.4, 0.5) is 11.6 Å². The van der Waals surface area contributed by atoms with Crippen LogP contribution < -0.4 is 15.5 Å². The molecule has 114 valence electrons. The minimum absolute atomic E-state index is 0.188. The first-order valence-corrected chi connectivity index (χ1v) is 7.91. The summed E-state index contributed by atoms with van der Waals surface area (Å²) in [7, 11) is 0. The van der Waals surface area contributed by atoms with E-state index in [0.29, 0.717) is 13.1 Å². The van der Waals surface area contributed by atoms with Crippen molar-refractivity contribution in [3.05, 3.63) is 12.4 Å². The van der Waals surface area contributed by atoms with Crippen molar-refractivity contribution in [1.82, 2.24) is 15.3 Å². The van der Waals surface area contributed by atoms with Gasteiger partial charge in [0.15, 0.2) is 0 Å². The Kier molecular flexibility index (Phi) is 4.52. The Labute approximate surface area is 125 Å². The molecular formula is C15H23N5O. The Bertz CT molecular complexity index is 483. The van der Waals surface area contributed by atoms with Crippen LogP contribution in [0.2, 0.25) is 0 Å². The second kappa shape index (κ2) is 6.74. The summed E-state index contributed by atoms with van der Waals surface area (Å²) in [5.41, 5.74) is 0. The molecule has 2 fully saturated rings. The lowest BCUT2D eigenvalue weighted by Gasteiger charge is -2.27. The number of carbonyl (C=O) groups is 1. The van der Waals surface area contributed by atoms with Gasteiger partial charge < -0.3 is 15.5 Å². The molecule has 2 aliphatic rings. The van der Waals surface area contributed by atoms with Crippen LogP contribution in [0, 0.1) is 5.92 Å². The van der Waals surface area contributed by atoms with E-state index in [0.717, 1.165) is 37.6 Å². The maximum absolute atomic E-state index is 11.5. The molecule has 21 heavy (non-hydrogen) atoms. The first-order chi connectivity index (χ1) is 10.3. The third kappa shape index (κ3) is 4.06. The number of hydrogen-bond donors (Lipinski definition) is 2. The van der Waals surface area contributed by atoms with E-state index >= 15 is 0 Å². The molecule has 0 atom stereocenters. The summed E-state index contributed by atoms with van der Waals surface area (Å²) in [6.45, 7) is 3.48. The molecule has 1 saturated heterocycles. The molecule has 1 aliphatic heterocycles. The van der Waals surface area contributed by atoms with Crippen molar-refractivity contribution < 1.29 is 4.79 Å². The highest BCUT2D eigenvalue weighted by Crippen LogP contribution is 2.28. The molecule has 2 N–H and O–H groups in total. The summed E-state index contributed by atoms with van der Waals surface area (Å²) in [6, 6.07) is 1.99. The normalized spacial score (nSPS) is 18.4. The van der Waals surface area contributed by atoms with Crippen molar-refractivity contribution in [2.75, 3.05) is 36.4 Å². The molecule has 6 nitrogen and oxygen atoms in total. The van der Waals surface area contributed by atoms with Gasteiger partial charge in [0.05, 0.1) is 0 Å². The van der Waals surface area contributed by atoms with Crippen molar-refractivity contribution in [1.29, 1.82) is 0 Å². The zero-order valence-corrected chi connectivity index (χ0v) is 12.3. The number of hydrogen-bond acceptors (Lipinski definition) is 5. The van der Waals surface area contributed by atoms with Crippen LogP contribution in [-0.2, 0) is 4.79 Å². The van der Waals surface area contributed by atoms with Gasteiger partial charge in [-0.25, -0.2) is 9.97 Å². The smallest absolute Gasteiger partial charge is 0.223 e. The molecule has 0 unspecified atom stereocenters. The van der Waals surface area contributed by atoms with Crippen molar-refractivity contribution in [2.45, 2.75) is 32.1 Å². The van der Waals surface area contributed by atoms with E-state index in [9.17, 15) is 4.79 Å². The van der Waals surface area contributed by atoms with Crippen molar-refractivity contribution in [3.63, 3.8) is 0 Å². The summed E-state index contributed by atoms with van der Waals surface area (Å²) in [4.78, 5) is 22.4. The largest absolute Gasteiger partial charge is 0.368 e. The molecule has 0 spiro atoms. The molecule has 0 bridgehead atoms. The molecule has 1 aromatic rings. The standard InChI is InChI=1S/C15H23N5O/c21-15(12-4-5-12)17-7-6-16-13-10-14(19-11-18-13)20-8-2-1-3-9-20/h10-12H,1-9H2,(H,17,21)(H,16,18,19). The molecule has 0 radical (unpaired) electrons. The van der Waals surface area contributed by atoms with Gasteiger partial charge in [0.1, 0.15) is 18.0 Å². The predicted molar refractivity (Wildman–Crippen MR) is 82.3 cm³/mol. The lowest BCUT2D eigenvalue weighted by atomic mass is 10.1. The SMILES string of the molecule is O=C(NCCNc1cc(N2CCCCC2)ncn1)C1CC1. The lowest BCUT2D eigenvalue weighted by Crippen LogP contribution is -2.31. The third-order valence-corrected chi connectivity index (χ3v) is 4.01. The minimum Gasteiger partial charge on any atom is -0.368 e. The fourth-order valence-electron chi connectivity index (χ4n) is 2.61. The zero-order chi connectivity index (χ0) is 14.5. The summed E-state index contributed by atoms with van der Waals surface area (Å²) in [6.07, 6.45) is 7.48. The van der Waals surface area contributed by atoms with Crippen LogP contribution in [0.15, 0.2) is 12.4 Å². The van der Waals surface area contributed by atoms with E-state index in [1.807, 2.05) is 6.07 Å². The molecule has 3 rings (SSSR count). The van der Waals surface area contributed by atoms with Gasteiger partial charge >= 0.3 is 0 Å². The third-order valence-electron chi connectivity index (χ3n) is 4.01. The highest BCUT2D eigenvalue weighted by molar-refractivity contribution is 5.80. The molecule has 1 amide bonds. The monoisotopic (exact) mass is 289 g/mol. The van der Waals surface area contributed by atoms with Crippen molar-refractivity contribution >= 4 is 17.5 Å². The fourth-order valence-corrected chi connectivity index (χ4v) is 2.61. The first kappa shape index (κ1) is 14.1. The number of anilines is 2. The number of aromatic nitrogens is 2. The van der Waals surface area contributed by atoms with Gasteiger partial charge in [0.25, 0.3) is 0 Å². The van der Waals surface area contributed by atoms with E-state index < -0.39 is 0 Å². The van der Waals surface area contributed by atoms with Crippen LogP contribution in [0.5, 0.6) is 0 Å². The van der Waals surface area contributed by atoms with Crippen LogP contribution in [0.3, 0.4) is 0 Å². The topological polar surface area (TPSA) is 70.2 Å². The number of nitrogens with one attached hydrogen (secondary N) is 2. The van der Waals surface area contributed by atoms with Crippen LogP contribution >= 0.6 is 0 Å². The summed E-state index contributed by atoms with van der Waals surface area (Å²) < 4.78 is 0. The highest BCUT2D eigenvalue weighted by atomic mass is 16.2. The highest BCUT2D eigenvalue weighted by Gasteiger charge is 2.28. The van der Waals surface area contributed by atoms with E-state index in [1.54, 1.807) is 6.33 Å². The van der Waals surface area contributed by atoms with Gasteiger partial charge in [-0.15, -0.1) is 0 Å². The Morgan fingerprint density at radius 3 is 2.76 bits per heavy atom. The second-order valence-corrected chi connectivity index (χ2v) is 5.80. The number of nitrogens with zero attached hydrogens (tertiary/aromatic N) is 3. The number of carbonyl (C=O) groups excluding carboxylic acids is 1. The number of rotatable bonds is 6. The van der Waals surface area contributed by atoms with Gasteiger partial charge in [-0.05, 0) is 32.1 Å². The average molecular weight is 289 g/mol. The number of amides is 1. The van der Waals surface area contributed by atoms with E-state index in [4.69, 9.17) is 0 Å². The maximum Gasteiger partial charge on any atom is 0.223 e. The zero-order valence-electron chi connectivity index (χ0n) is 12.3. The molecule has 0 aromatic carbocycles. The van der Waals surface area contributed by atoms with Gasteiger partial charge in [-0.2, -0.15) is 0 Å². The molecule has 1 saturated carbocycles. The second-order valence-electron chi connectivity index (χ2n) is 5.80. The van der Waals surface area contributed by atoms with E-state index in [2.05, 4.69) is 25.5 Å². The number of piperidine rings is 1. The molecule has 1 aromatic heterocycles. The predicted octanol–water partition coefficient (Wildman–Crippen LogP) is 1.40. The van der Waals surface area contributed by atoms with Crippen LogP contribution in [0.1, 0.15) is 32.1 Å². The lowest BCUT2D eigenvalue weighted by molar-refractivity contribution is -0.122. The van der Waals surface area contributed by atoms with Gasteiger partial charge in [-0.1, -0.05) is 0 Å². The van der Waals surface area contributed by atoms with Crippen LogP contribution in [0.25, 0.3) is 0 Å². The summed E-state index contributed by atoms with van der Waals surface area (Å²) in [5.74, 6) is 2.28. The Morgan fingerprint density at radius 1 is 1.19 bits per heavy atom. The summed E-state index contributed by atoms with van der Waals surface area (Å²) in [5, 5.41) is 6.18. The Morgan fingerprint density at radius 2 is 2.00 bits per heavy atom. The summed E-state index contributed by atoms with van der Waals surface area (Å²) >= 11 is 0. The molecular weight excluding hydrogens is 266 g/mol. The minimum atomic E-state index is 0.188. The van der Waals surface area contributed by atoms with Gasteiger partial charge in [0, 0.05) is 38.2 Å². The van der Waals surface area contributed by atoms with Crippen molar-refractivity contribution in [2.24, 2.45) is 5.92 Å². The fraction of sp³-hybridized carbons (Fsp3) is 0.667. The molecule has 2 heterocycles. The molecule has 1 aliphatic carbocycles. The Balaban J connectivity index is 1.45. The Hall–Kier alpha value is -1.85. The average Bonchev–Trinajstić information content (AvgIpc) is 3.37. The van der Waals surface area contributed by atoms with Gasteiger partial charge in [0.2, 0.25) is 5.91 Å². The van der Waals surface area contributed by atoms with E-state index in [-0.39, 0.29) is 11.8 Å². The van der Waals surface area contributed by atoms with E-state index in [1.165, 1.54) is 19.3 Å². The van der Waals surface area contributed by atoms with Crippen molar-refractivity contribution in [3.8, 4) is 0 Å². The quantitative estimate of drug-likeness (QED) is 0.775. The first-order valence-electron chi connectivity index (χ1n) is 7.91. The van der Waals surface area contributed by atoms with Gasteiger partial charge in [-0.3, -0.25) is 4.79 Å². The van der Waals surface area contributed by atoms with Crippen LogP contribution in [-0.4, -0.2) is 42.1 Å². The molecule has 6 heteroatoms. The maximum atomic E-state index is 11.5.